The van der Waals surface area contributed by atoms with Gasteiger partial charge in [-0.1, -0.05) is 0 Å². The minimum Gasteiger partial charge on any atom is -0.887 e. The molecular weight excluding hydrogens is 116 g/mol. The number of thiocarbonyl (C=S) groups is 1. The molecule has 24 valence electrons. The van der Waals surface area contributed by atoms with E-state index in [9.17, 15) is 0 Å². The molecule has 0 unspecified atom stereocenters. The van der Waals surface area contributed by atoms with Crippen molar-refractivity contribution in [3.05, 3.63) is 0 Å². The molecule has 0 radical (unpaired) electrons. The first-order valence-electron chi connectivity index (χ1n) is 0.612. The molecular formula is CMgOS2. The minimum absolute atomic E-state index is 0. The van der Waals surface area contributed by atoms with Gasteiger partial charge >= 0.3 is 23.1 Å². The van der Waals surface area contributed by atoms with Crippen LogP contribution in [0.4, 0.5) is 0 Å². The van der Waals surface area contributed by atoms with Gasteiger partial charge < -0.3 is 30.0 Å². The average Bonchev–Trinajstić information content (AvgIpc) is 0.811. The van der Waals surface area contributed by atoms with Crippen molar-refractivity contribution in [2.24, 2.45) is 0 Å². The molecule has 0 N–H and O–H groups in total. The molecule has 5 heavy (non-hydrogen) atoms. The fourth-order valence-corrected chi connectivity index (χ4v) is 0. The third-order valence-corrected chi connectivity index (χ3v) is 0. The molecule has 0 amide bonds. The van der Waals surface area contributed by atoms with E-state index >= 15 is 0 Å². The van der Waals surface area contributed by atoms with Crippen LogP contribution in [0.2, 0.25) is 0 Å². The molecule has 0 bridgehead atoms. The van der Waals surface area contributed by atoms with Gasteiger partial charge in [0, 0.05) is 0 Å². The standard InChI is InChI=1S/CH2OS2.Mg/c2-1(3)4;/h(H2,2,3,4);/q;+2/p-2. The first kappa shape index (κ1) is 9.30. The van der Waals surface area contributed by atoms with Gasteiger partial charge in [0.05, 0.1) is 0 Å². The van der Waals surface area contributed by atoms with E-state index in [0.717, 1.165) is 0 Å². The van der Waals surface area contributed by atoms with Crippen LogP contribution in [0.5, 0.6) is 0 Å². The molecule has 0 atom stereocenters. The third kappa shape index (κ3) is 52.5. The van der Waals surface area contributed by atoms with Crippen LogP contribution in [0.3, 0.4) is 0 Å². The van der Waals surface area contributed by atoms with Crippen LogP contribution in [0.25, 0.3) is 0 Å². The molecule has 0 saturated carbocycles. The molecule has 0 spiro atoms. The fourth-order valence-electron chi connectivity index (χ4n) is 0. The maximum Gasteiger partial charge on any atom is 2.00 e. The predicted molar refractivity (Wildman–Crippen MR) is 25.7 cm³/mol. The summed E-state index contributed by atoms with van der Waals surface area (Å²) in [4.78, 5) is 0. The molecule has 0 aromatic rings. The number of hydrogen-bond donors (Lipinski definition) is 0. The van der Waals surface area contributed by atoms with Crippen LogP contribution in [0.1, 0.15) is 0 Å². The van der Waals surface area contributed by atoms with Crippen molar-refractivity contribution in [2.75, 3.05) is 0 Å². The van der Waals surface area contributed by atoms with Crippen molar-refractivity contribution < 1.29 is 5.11 Å². The van der Waals surface area contributed by atoms with Crippen molar-refractivity contribution in [1.29, 1.82) is 0 Å². The predicted octanol–water partition coefficient (Wildman–Crippen LogP) is -1.20. The van der Waals surface area contributed by atoms with Gasteiger partial charge in [-0.05, 0) is 0 Å². The topological polar surface area (TPSA) is 23.1 Å². The first-order chi connectivity index (χ1) is 1.73. The Hall–Kier alpha value is 0.876. The Morgan fingerprint density at radius 3 is 1.80 bits per heavy atom. The molecule has 0 fully saturated rings. The van der Waals surface area contributed by atoms with Crippen molar-refractivity contribution in [2.45, 2.75) is 0 Å². The van der Waals surface area contributed by atoms with Crippen LogP contribution in [0, 0.1) is 0 Å². The summed E-state index contributed by atoms with van der Waals surface area (Å²) in [5.41, 5.74) is 0. The van der Waals surface area contributed by atoms with E-state index in [2.05, 4.69) is 24.8 Å². The van der Waals surface area contributed by atoms with Gasteiger partial charge in [-0.15, -0.1) is 0 Å². The van der Waals surface area contributed by atoms with Gasteiger partial charge in [0.15, 0.2) is 0 Å². The van der Waals surface area contributed by atoms with Gasteiger partial charge in [-0.25, -0.2) is 4.38 Å². The number of hydrogen-bond acceptors (Lipinski definition) is 3. The number of rotatable bonds is 0. The Labute approximate surface area is 57.3 Å². The summed E-state index contributed by atoms with van der Waals surface area (Å²) in [6.45, 7) is 0. The van der Waals surface area contributed by atoms with Gasteiger partial charge in [0.2, 0.25) is 0 Å². The molecule has 0 aliphatic rings. The summed E-state index contributed by atoms with van der Waals surface area (Å²) in [5.74, 6) is 0. The van der Waals surface area contributed by atoms with Crippen molar-refractivity contribution in [1.82, 2.24) is 0 Å². The third-order valence-electron chi connectivity index (χ3n) is 0. The van der Waals surface area contributed by atoms with Crippen LogP contribution < -0.4 is 5.11 Å². The molecule has 4 heteroatoms. The summed E-state index contributed by atoms with van der Waals surface area (Å²) in [5, 5.41) is 9.07. The summed E-state index contributed by atoms with van der Waals surface area (Å²) in [6.07, 6.45) is 0. The van der Waals surface area contributed by atoms with E-state index in [1.165, 1.54) is 0 Å². The molecule has 0 aliphatic heterocycles. The summed E-state index contributed by atoms with van der Waals surface area (Å²) < 4.78 is -0.667. The van der Waals surface area contributed by atoms with Crippen molar-refractivity contribution in [3.8, 4) is 0 Å². The van der Waals surface area contributed by atoms with E-state index in [4.69, 9.17) is 5.11 Å². The van der Waals surface area contributed by atoms with E-state index in [0.29, 0.717) is 0 Å². The van der Waals surface area contributed by atoms with Crippen LogP contribution in [0.15, 0.2) is 0 Å². The van der Waals surface area contributed by atoms with Gasteiger partial charge in [0.25, 0.3) is 0 Å². The summed E-state index contributed by atoms with van der Waals surface area (Å²) >= 11 is 7.59. The van der Waals surface area contributed by atoms with Gasteiger partial charge in [-0.3, -0.25) is 0 Å². The molecule has 0 aromatic heterocycles. The second kappa shape index (κ2) is 4.88. The Kier molecular flexibility index (Phi) is 9.07. The molecule has 0 heterocycles. The first-order valence-corrected chi connectivity index (χ1v) is 1.43. The Morgan fingerprint density at radius 2 is 1.80 bits per heavy atom. The fraction of sp³-hybridized carbons (Fsp3) is 0. The SMILES string of the molecule is [Mg+2].[O-]C(=S)[S-]. The maximum atomic E-state index is 9.07. The summed E-state index contributed by atoms with van der Waals surface area (Å²) in [6, 6.07) is 0. The Morgan fingerprint density at radius 1 is 1.80 bits per heavy atom. The van der Waals surface area contributed by atoms with Crippen molar-refractivity contribution in [3.63, 3.8) is 0 Å². The Bertz CT molecular complexity index is 32.6. The van der Waals surface area contributed by atoms with Crippen molar-refractivity contribution >= 4 is 52.3 Å². The molecule has 1 nitrogen and oxygen atoms in total. The van der Waals surface area contributed by atoms with E-state index in [-0.39, 0.29) is 23.1 Å². The minimum atomic E-state index is -0.667. The van der Waals surface area contributed by atoms with Gasteiger partial charge in [0.1, 0.15) is 0 Å². The quantitative estimate of drug-likeness (QED) is 0.226. The van der Waals surface area contributed by atoms with Crippen LogP contribution >= 0.6 is 12.2 Å². The maximum absolute atomic E-state index is 9.07. The van der Waals surface area contributed by atoms with E-state index in [1.807, 2.05) is 0 Å². The van der Waals surface area contributed by atoms with E-state index < -0.39 is 4.38 Å². The summed E-state index contributed by atoms with van der Waals surface area (Å²) in [7, 11) is 0. The molecule has 0 rings (SSSR count). The van der Waals surface area contributed by atoms with Crippen LogP contribution in [-0.4, -0.2) is 27.4 Å². The average molecular weight is 116 g/mol. The molecule has 0 aliphatic carbocycles. The monoisotopic (exact) mass is 116 g/mol. The van der Waals surface area contributed by atoms with Crippen LogP contribution in [-0.2, 0) is 12.6 Å². The second-order valence-electron chi connectivity index (χ2n) is 0.250. The zero-order valence-electron chi connectivity index (χ0n) is 2.43. The van der Waals surface area contributed by atoms with E-state index in [1.54, 1.807) is 0 Å². The smallest absolute Gasteiger partial charge is 0.887 e. The zero-order chi connectivity index (χ0) is 3.58. The molecule has 0 saturated heterocycles. The Balaban J connectivity index is 0. The zero-order valence-corrected chi connectivity index (χ0v) is 5.48. The molecule has 0 aromatic carbocycles. The second-order valence-corrected chi connectivity index (χ2v) is 1.25. The van der Waals surface area contributed by atoms with Gasteiger partial charge in [-0.2, -0.15) is 0 Å². The largest absolute Gasteiger partial charge is 2.00 e. The normalized spacial score (nSPS) is 4.80.